The summed E-state index contributed by atoms with van der Waals surface area (Å²) in [7, 11) is -3.68. The Morgan fingerprint density at radius 3 is 2.35 bits per heavy atom. The molecule has 0 saturated heterocycles. The molecule has 0 amide bonds. The van der Waals surface area contributed by atoms with Crippen LogP contribution in [0.4, 0.5) is 11.4 Å². The Kier molecular flexibility index (Phi) is 4.63. The van der Waals surface area contributed by atoms with Gasteiger partial charge in [0.1, 0.15) is 0 Å². The monoisotopic (exact) mass is 438 g/mol. The molecule has 0 heterocycles. The first-order valence-corrected chi connectivity index (χ1v) is 8.77. The van der Waals surface area contributed by atoms with Crippen molar-refractivity contribution in [3.05, 3.63) is 50.4 Å². The third-order valence-corrected chi connectivity index (χ3v) is 5.73. The molecule has 0 aliphatic heterocycles. The molecular formula is C12H9Br2ClN2O2S. The first-order chi connectivity index (χ1) is 9.29. The summed E-state index contributed by atoms with van der Waals surface area (Å²) in [5, 5.41) is 0.503. The van der Waals surface area contributed by atoms with E-state index in [-0.39, 0.29) is 4.90 Å². The van der Waals surface area contributed by atoms with Crippen LogP contribution in [0.15, 0.2) is 50.2 Å². The number of sulfonamides is 1. The van der Waals surface area contributed by atoms with Crippen LogP contribution in [-0.4, -0.2) is 8.42 Å². The fourth-order valence-corrected chi connectivity index (χ4v) is 3.55. The first kappa shape index (κ1) is 15.6. The number of halogens is 3. The van der Waals surface area contributed by atoms with Gasteiger partial charge in [0.2, 0.25) is 0 Å². The lowest BCUT2D eigenvalue weighted by atomic mass is 10.3. The molecular weight excluding hydrogens is 431 g/mol. The molecule has 2 aromatic rings. The number of benzene rings is 2. The summed E-state index contributed by atoms with van der Waals surface area (Å²) in [4.78, 5) is 0.115. The molecule has 0 spiro atoms. The molecule has 20 heavy (non-hydrogen) atoms. The predicted octanol–water partition coefficient (Wildman–Crippen LogP) is 4.25. The highest BCUT2D eigenvalue weighted by molar-refractivity contribution is 9.11. The van der Waals surface area contributed by atoms with Crippen LogP contribution in [0.1, 0.15) is 0 Å². The van der Waals surface area contributed by atoms with Gasteiger partial charge < -0.3 is 5.73 Å². The molecule has 2 aromatic carbocycles. The smallest absolute Gasteiger partial charge is 0.261 e. The van der Waals surface area contributed by atoms with E-state index in [1.54, 1.807) is 18.2 Å². The summed E-state index contributed by atoms with van der Waals surface area (Å²) in [6.07, 6.45) is 0. The Hall–Kier alpha value is -0.760. The van der Waals surface area contributed by atoms with E-state index in [2.05, 4.69) is 36.6 Å². The maximum Gasteiger partial charge on any atom is 0.261 e. The summed E-state index contributed by atoms with van der Waals surface area (Å²) >= 11 is 12.3. The summed E-state index contributed by atoms with van der Waals surface area (Å²) in [5.74, 6) is 0. The number of anilines is 2. The van der Waals surface area contributed by atoms with Crippen molar-refractivity contribution in [2.24, 2.45) is 0 Å². The van der Waals surface area contributed by atoms with Gasteiger partial charge in [-0.25, -0.2) is 8.42 Å². The fourth-order valence-electron chi connectivity index (χ4n) is 1.45. The van der Waals surface area contributed by atoms with Crippen molar-refractivity contribution in [3.63, 3.8) is 0 Å². The molecule has 0 radical (unpaired) electrons. The first-order valence-electron chi connectivity index (χ1n) is 5.32. The molecule has 0 aromatic heterocycles. The van der Waals surface area contributed by atoms with Gasteiger partial charge in [0, 0.05) is 14.6 Å². The lowest BCUT2D eigenvalue weighted by molar-refractivity contribution is 0.601. The number of nitrogens with two attached hydrogens (primary N) is 1. The normalized spacial score (nSPS) is 11.3. The van der Waals surface area contributed by atoms with Crippen LogP contribution in [0, 0.1) is 0 Å². The van der Waals surface area contributed by atoms with Crippen LogP contribution in [0.2, 0.25) is 5.02 Å². The minimum Gasteiger partial charge on any atom is -0.398 e. The van der Waals surface area contributed by atoms with E-state index in [1.807, 2.05) is 0 Å². The van der Waals surface area contributed by atoms with E-state index < -0.39 is 10.0 Å². The van der Waals surface area contributed by atoms with E-state index in [4.69, 9.17) is 17.3 Å². The Balaban J connectivity index is 2.35. The van der Waals surface area contributed by atoms with Gasteiger partial charge in [-0.1, -0.05) is 11.6 Å². The summed E-state index contributed by atoms with van der Waals surface area (Å²) in [6, 6.07) is 9.18. The maximum absolute atomic E-state index is 12.2. The van der Waals surface area contributed by atoms with E-state index in [9.17, 15) is 8.42 Å². The van der Waals surface area contributed by atoms with Gasteiger partial charge in [0.05, 0.1) is 15.6 Å². The lowest BCUT2D eigenvalue weighted by Crippen LogP contribution is -2.13. The van der Waals surface area contributed by atoms with Crippen molar-refractivity contribution in [3.8, 4) is 0 Å². The number of rotatable bonds is 3. The van der Waals surface area contributed by atoms with Crippen LogP contribution < -0.4 is 10.5 Å². The van der Waals surface area contributed by atoms with E-state index in [0.717, 1.165) is 0 Å². The fraction of sp³-hybridized carbons (Fsp3) is 0. The summed E-state index contributed by atoms with van der Waals surface area (Å²) in [5.41, 5.74) is 6.52. The van der Waals surface area contributed by atoms with Crippen molar-refractivity contribution in [1.29, 1.82) is 0 Å². The molecule has 0 aliphatic carbocycles. The second-order valence-electron chi connectivity index (χ2n) is 3.92. The number of hydrogen-bond donors (Lipinski definition) is 2. The van der Waals surface area contributed by atoms with E-state index in [0.29, 0.717) is 25.3 Å². The van der Waals surface area contributed by atoms with Gasteiger partial charge in [-0.3, -0.25) is 4.72 Å². The molecule has 0 unspecified atom stereocenters. The summed E-state index contributed by atoms with van der Waals surface area (Å²) < 4.78 is 28.1. The van der Waals surface area contributed by atoms with Crippen LogP contribution in [0.25, 0.3) is 0 Å². The molecule has 0 aliphatic rings. The Morgan fingerprint density at radius 2 is 1.75 bits per heavy atom. The second kappa shape index (κ2) is 5.93. The van der Waals surface area contributed by atoms with Gasteiger partial charge in [0.25, 0.3) is 10.0 Å². The van der Waals surface area contributed by atoms with Crippen LogP contribution >= 0.6 is 43.5 Å². The Morgan fingerprint density at radius 1 is 1.05 bits per heavy atom. The highest BCUT2D eigenvalue weighted by atomic mass is 79.9. The average molecular weight is 441 g/mol. The minimum atomic E-state index is -3.68. The zero-order chi connectivity index (χ0) is 14.9. The van der Waals surface area contributed by atoms with Gasteiger partial charge in [-0.05, 0) is 68.3 Å². The molecule has 2 rings (SSSR count). The van der Waals surface area contributed by atoms with E-state index in [1.165, 1.54) is 18.2 Å². The number of nitrogens with one attached hydrogen (secondary N) is 1. The third-order valence-electron chi connectivity index (χ3n) is 2.45. The van der Waals surface area contributed by atoms with Crippen LogP contribution in [-0.2, 0) is 10.0 Å². The maximum atomic E-state index is 12.2. The molecule has 0 saturated carbocycles. The van der Waals surface area contributed by atoms with Crippen molar-refractivity contribution in [2.45, 2.75) is 4.90 Å². The van der Waals surface area contributed by atoms with Crippen LogP contribution in [0.3, 0.4) is 0 Å². The largest absolute Gasteiger partial charge is 0.398 e. The highest BCUT2D eigenvalue weighted by Gasteiger charge is 2.15. The van der Waals surface area contributed by atoms with Gasteiger partial charge in [0.15, 0.2) is 0 Å². The van der Waals surface area contributed by atoms with Gasteiger partial charge in [-0.15, -0.1) is 0 Å². The summed E-state index contributed by atoms with van der Waals surface area (Å²) in [6.45, 7) is 0. The molecule has 0 bridgehead atoms. The number of hydrogen-bond acceptors (Lipinski definition) is 3. The lowest BCUT2D eigenvalue weighted by Gasteiger charge is -2.10. The molecule has 3 N–H and O–H groups in total. The van der Waals surface area contributed by atoms with E-state index >= 15 is 0 Å². The van der Waals surface area contributed by atoms with Crippen molar-refractivity contribution in [2.75, 3.05) is 10.5 Å². The zero-order valence-electron chi connectivity index (χ0n) is 9.90. The Labute approximate surface area is 138 Å². The van der Waals surface area contributed by atoms with Gasteiger partial charge >= 0.3 is 0 Å². The van der Waals surface area contributed by atoms with Crippen LogP contribution in [0.5, 0.6) is 0 Å². The Bertz CT molecular complexity index is 766. The third kappa shape index (κ3) is 3.46. The quantitative estimate of drug-likeness (QED) is 0.701. The molecule has 4 nitrogen and oxygen atoms in total. The van der Waals surface area contributed by atoms with Crippen molar-refractivity contribution < 1.29 is 8.42 Å². The average Bonchev–Trinajstić information content (AvgIpc) is 2.37. The number of nitrogen functional groups attached to an aromatic ring is 1. The zero-order valence-corrected chi connectivity index (χ0v) is 14.6. The topological polar surface area (TPSA) is 72.2 Å². The molecule has 0 fully saturated rings. The highest BCUT2D eigenvalue weighted by Crippen LogP contribution is 2.28. The standard InChI is InChI=1S/C12H9Br2ClN2O2S/c13-9-5-7(1-3-11(9)15)17-20(18,19)8-2-4-12(16)10(14)6-8/h1-6,17H,16H2. The predicted molar refractivity (Wildman–Crippen MR) is 88.5 cm³/mol. The second-order valence-corrected chi connectivity index (χ2v) is 7.72. The van der Waals surface area contributed by atoms with Gasteiger partial charge in [-0.2, -0.15) is 0 Å². The molecule has 8 heteroatoms. The molecule has 0 atom stereocenters. The SMILES string of the molecule is Nc1ccc(S(=O)(=O)Nc2ccc(Cl)c(Br)c2)cc1Br. The van der Waals surface area contributed by atoms with Crippen molar-refractivity contribution in [1.82, 2.24) is 0 Å². The molecule has 106 valence electrons. The van der Waals surface area contributed by atoms with Crippen molar-refractivity contribution >= 4 is 64.9 Å². The minimum absolute atomic E-state index is 0.115.